The van der Waals surface area contributed by atoms with Crippen LogP contribution in [0.5, 0.6) is 5.75 Å². The minimum atomic E-state index is -2.95. The molecule has 27 heavy (non-hydrogen) atoms. The number of nitrogens with one attached hydrogen (secondary N) is 2. The molecule has 0 spiro atoms. The molecule has 9 heteroatoms. The van der Waals surface area contributed by atoms with Crippen LogP contribution in [0.15, 0.2) is 24.3 Å². The van der Waals surface area contributed by atoms with Crippen LogP contribution in [-0.2, 0) is 15.1 Å². The number of urea groups is 1. The van der Waals surface area contributed by atoms with Crippen molar-refractivity contribution < 1.29 is 27.9 Å². The molecular weight excluding hydrogens is 360 g/mol. The van der Waals surface area contributed by atoms with Crippen LogP contribution in [0.1, 0.15) is 32.3 Å². The van der Waals surface area contributed by atoms with Crippen molar-refractivity contribution in [3.63, 3.8) is 0 Å². The Morgan fingerprint density at radius 1 is 1.33 bits per heavy atom. The molecule has 1 aromatic carbocycles. The second-order valence-electron chi connectivity index (χ2n) is 7.04. The maximum Gasteiger partial charge on any atom is 0.387 e. The van der Waals surface area contributed by atoms with Gasteiger partial charge in [-0.1, -0.05) is 12.1 Å². The van der Waals surface area contributed by atoms with E-state index in [2.05, 4.69) is 15.4 Å². The zero-order valence-corrected chi connectivity index (χ0v) is 15.0. The normalized spacial score (nSPS) is 23.4. The van der Waals surface area contributed by atoms with E-state index in [0.29, 0.717) is 11.5 Å². The molecular formula is C18H21F2N3O4. The van der Waals surface area contributed by atoms with E-state index in [1.165, 1.54) is 31.2 Å². The molecule has 2 aliphatic rings. The number of carbonyl (C=O) groups is 3. The molecule has 0 bridgehead atoms. The molecule has 1 aliphatic heterocycles. The lowest BCUT2D eigenvalue weighted by atomic mass is 9.92. The summed E-state index contributed by atoms with van der Waals surface area (Å²) < 4.78 is 28.8. The summed E-state index contributed by atoms with van der Waals surface area (Å²) in [5.41, 5.74) is -0.986. The molecule has 1 saturated heterocycles. The zero-order valence-electron chi connectivity index (χ0n) is 15.0. The van der Waals surface area contributed by atoms with Gasteiger partial charge in [0.05, 0.1) is 0 Å². The Morgan fingerprint density at radius 3 is 2.52 bits per heavy atom. The van der Waals surface area contributed by atoms with Gasteiger partial charge in [0.25, 0.3) is 5.91 Å². The first kappa shape index (κ1) is 19.1. The number of hydrogen-bond acceptors (Lipinski definition) is 4. The van der Waals surface area contributed by atoms with Crippen LogP contribution >= 0.6 is 0 Å². The summed E-state index contributed by atoms with van der Waals surface area (Å²) >= 11 is 0. The van der Waals surface area contributed by atoms with Crippen molar-refractivity contribution >= 4 is 17.8 Å². The monoisotopic (exact) mass is 381 g/mol. The SMILES string of the molecule is C[C@@H](NC(=O)CN1C(=O)N[C@](C)(c2ccc(OC(F)F)cc2)C1=O)C1CC1. The molecule has 146 valence electrons. The van der Waals surface area contributed by atoms with Crippen molar-refractivity contribution in [2.45, 2.75) is 44.9 Å². The summed E-state index contributed by atoms with van der Waals surface area (Å²) in [4.78, 5) is 38.0. The van der Waals surface area contributed by atoms with Gasteiger partial charge in [-0.05, 0) is 50.3 Å². The average molecular weight is 381 g/mol. The van der Waals surface area contributed by atoms with Crippen molar-refractivity contribution in [2.75, 3.05) is 6.54 Å². The Kier molecular flexibility index (Phi) is 5.03. The number of halogens is 2. The van der Waals surface area contributed by atoms with Gasteiger partial charge < -0.3 is 15.4 Å². The van der Waals surface area contributed by atoms with E-state index in [-0.39, 0.29) is 18.3 Å². The smallest absolute Gasteiger partial charge is 0.387 e. The molecule has 2 N–H and O–H groups in total. The van der Waals surface area contributed by atoms with E-state index < -0.39 is 30.0 Å². The predicted octanol–water partition coefficient (Wildman–Crippen LogP) is 1.97. The molecule has 7 nitrogen and oxygen atoms in total. The number of rotatable bonds is 7. The maximum absolute atomic E-state index is 12.8. The van der Waals surface area contributed by atoms with Gasteiger partial charge >= 0.3 is 12.6 Å². The number of amides is 4. The van der Waals surface area contributed by atoms with Crippen LogP contribution in [-0.4, -0.2) is 41.9 Å². The van der Waals surface area contributed by atoms with Crippen LogP contribution in [0.3, 0.4) is 0 Å². The lowest BCUT2D eigenvalue weighted by molar-refractivity contribution is -0.135. The fraction of sp³-hybridized carbons (Fsp3) is 0.500. The molecule has 0 unspecified atom stereocenters. The fourth-order valence-corrected chi connectivity index (χ4v) is 3.16. The third-order valence-electron chi connectivity index (χ3n) is 4.95. The Hall–Kier alpha value is -2.71. The Morgan fingerprint density at radius 2 is 1.96 bits per heavy atom. The highest BCUT2D eigenvalue weighted by Gasteiger charge is 2.49. The first-order valence-electron chi connectivity index (χ1n) is 8.69. The highest BCUT2D eigenvalue weighted by molar-refractivity contribution is 6.09. The van der Waals surface area contributed by atoms with Gasteiger partial charge in [0.2, 0.25) is 5.91 Å². The summed E-state index contributed by atoms with van der Waals surface area (Å²) in [6.07, 6.45) is 2.13. The Balaban J connectivity index is 1.69. The van der Waals surface area contributed by atoms with Crippen molar-refractivity contribution in [1.29, 1.82) is 0 Å². The van der Waals surface area contributed by atoms with Crippen LogP contribution in [0.2, 0.25) is 0 Å². The number of alkyl halides is 2. The van der Waals surface area contributed by atoms with E-state index >= 15 is 0 Å². The number of hydrogen-bond donors (Lipinski definition) is 2. The fourth-order valence-electron chi connectivity index (χ4n) is 3.16. The van der Waals surface area contributed by atoms with Crippen molar-refractivity contribution in [3.8, 4) is 5.75 Å². The third kappa shape index (κ3) is 4.01. The standard InChI is InChI=1S/C18H21F2N3O4/c1-10(11-3-4-11)21-14(24)9-23-15(25)18(2,22-17(23)26)12-5-7-13(8-6-12)27-16(19)20/h5-8,10-11,16H,3-4,9H2,1-2H3,(H,21,24)(H,22,26)/t10-,18-/m1/s1. The average Bonchev–Trinajstić information content (AvgIpc) is 3.41. The number of nitrogens with zero attached hydrogens (tertiary/aromatic N) is 1. The molecule has 1 saturated carbocycles. The molecule has 3 rings (SSSR count). The van der Waals surface area contributed by atoms with Gasteiger partial charge in [-0.25, -0.2) is 4.79 Å². The Bertz CT molecular complexity index is 751. The number of imide groups is 1. The third-order valence-corrected chi connectivity index (χ3v) is 4.95. The molecule has 1 aromatic rings. The molecule has 1 aliphatic carbocycles. The largest absolute Gasteiger partial charge is 0.435 e. The zero-order chi connectivity index (χ0) is 19.8. The van der Waals surface area contributed by atoms with E-state index in [0.717, 1.165) is 17.7 Å². The van der Waals surface area contributed by atoms with Gasteiger partial charge in [0.15, 0.2) is 0 Å². The van der Waals surface area contributed by atoms with Gasteiger partial charge in [-0.2, -0.15) is 8.78 Å². The highest BCUT2D eigenvalue weighted by Crippen LogP contribution is 2.32. The van der Waals surface area contributed by atoms with Gasteiger partial charge in [-0.3, -0.25) is 14.5 Å². The molecule has 2 atom stereocenters. The van der Waals surface area contributed by atoms with Crippen molar-refractivity contribution in [1.82, 2.24) is 15.5 Å². The second-order valence-corrected chi connectivity index (χ2v) is 7.04. The number of carbonyl (C=O) groups excluding carboxylic acids is 3. The minimum Gasteiger partial charge on any atom is -0.435 e. The lowest BCUT2D eigenvalue weighted by Crippen LogP contribution is -2.45. The van der Waals surface area contributed by atoms with E-state index in [4.69, 9.17) is 0 Å². The van der Waals surface area contributed by atoms with Crippen LogP contribution in [0.25, 0.3) is 0 Å². The molecule has 1 heterocycles. The molecule has 2 fully saturated rings. The Labute approximate surface area is 155 Å². The second kappa shape index (κ2) is 7.13. The number of benzene rings is 1. The molecule has 0 aromatic heterocycles. The van der Waals surface area contributed by atoms with E-state index in [9.17, 15) is 23.2 Å². The quantitative estimate of drug-likeness (QED) is 0.707. The van der Waals surface area contributed by atoms with Crippen LogP contribution in [0.4, 0.5) is 13.6 Å². The summed E-state index contributed by atoms with van der Waals surface area (Å²) in [5, 5.41) is 5.37. The minimum absolute atomic E-state index is 0.00651. The van der Waals surface area contributed by atoms with Gasteiger partial charge in [0, 0.05) is 6.04 Å². The highest BCUT2D eigenvalue weighted by atomic mass is 19.3. The van der Waals surface area contributed by atoms with Crippen molar-refractivity contribution in [2.24, 2.45) is 5.92 Å². The summed E-state index contributed by atoms with van der Waals surface area (Å²) in [7, 11) is 0. The van der Waals surface area contributed by atoms with Crippen molar-refractivity contribution in [3.05, 3.63) is 29.8 Å². The van der Waals surface area contributed by atoms with Crippen LogP contribution < -0.4 is 15.4 Å². The number of ether oxygens (including phenoxy) is 1. The summed E-state index contributed by atoms with van der Waals surface area (Å²) in [5.74, 6) is -0.581. The molecule has 0 radical (unpaired) electrons. The first-order valence-corrected chi connectivity index (χ1v) is 8.69. The van der Waals surface area contributed by atoms with Gasteiger partial charge in [-0.15, -0.1) is 0 Å². The summed E-state index contributed by atoms with van der Waals surface area (Å²) in [6.45, 7) is 0.0747. The van der Waals surface area contributed by atoms with Gasteiger partial charge in [0.1, 0.15) is 17.8 Å². The predicted molar refractivity (Wildman–Crippen MR) is 91.0 cm³/mol. The first-order chi connectivity index (χ1) is 12.7. The molecule has 4 amide bonds. The van der Waals surface area contributed by atoms with Crippen LogP contribution in [0, 0.1) is 5.92 Å². The maximum atomic E-state index is 12.8. The topological polar surface area (TPSA) is 87.7 Å². The van der Waals surface area contributed by atoms with E-state index in [1.54, 1.807) is 0 Å². The van der Waals surface area contributed by atoms with E-state index in [1.807, 2.05) is 6.92 Å². The summed E-state index contributed by atoms with van der Waals surface area (Å²) in [6, 6.07) is 4.76. The lowest BCUT2D eigenvalue weighted by Gasteiger charge is -2.22.